The lowest BCUT2D eigenvalue weighted by atomic mass is 9.98. The van der Waals surface area contributed by atoms with Gasteiger partial charge in [0.2, 0.25) is 5.91 Å². The summed E-state index contributed by atoms with van der Waals surface area (Å²) in [7, 11) is 0. The van der Waals surface area contributed by atoms with E-state index in [0.29, 0.717) is 30.0 Å². The molecule has 0 aromatic heterocycles. The third-order valence-electron chi connectivity index (χ3n) is 3.71. The summed E-state index contributed by atoms with van der Waals surface area (Å²) in [6, 6.07) is 4.43. The van der Waals surface area contributed by atoms with Crippen molar-refractivity contribution >= 4 is 41.0 Å². The number of nitrogens with one attached hydrogen (secondary N) is 1. The van der Waals surface area contributed by atoms with E-state index in [-0.39, 0.29) is 24.0 Å². The van der Waals surface area contributed by atoms with Crippen LogP contribution in [0.15, 0.2) is 18.2 Å². The predicted octanol–water partition coefficient (Wildman–Crippen LogP) is 2.05. The molecule has 2 rings (SSSR count). The van der Waals surface area contributed by atoms with Gasteiger partial charge >= 0.3 is 5.97 Å². The van der Waals surface area contributed by atoms with Crippen LogP contribution in [0, 0.1) is 5.92 Å². The third kappa shape index (κ3) is 4.59. The fraction of sp³-hybridized carbons (Fsp3) is 0.400. The van der Waals surface area contributed by atoms with Crippen molar-refractivity contribution in [2.24, 2.45) is 5.92 Å². The SMILES string of the molecule is O=C(NCC(=O)N1CCC[C@@H](C(=O)O)C1)c1ccc(Cl)c(Cl)c1. The summed E-state index contributed by atoms with van der Waals surface area (Å²) in [6.07, 6.45) is 1.21. The monoisotopic (exact) mass is 358 g/mol. The third-order valence-corrected chi connectivity index (χ3v) is 4.44. The van der Waals surface area contributed by atoms with Crippen molar-refractivity contribution in [3.8, 4) is 0 Å². The normalized spacial score (nSPS) is 17.7. The Hall–Kier alpha value is -1.79. The van der Waals surface area contributed by atoms with Crippen LogP contribution < -0.4 is 5.32 Å². The maximum Gasteiger partial charge on any atom is 0.308 e. The summed E-state index contributed by atoms with van der Waals surface area (Å²) in [5.41, 5.74) is 0.300. The van der Waals surface area contributed by atoms with E-state index < -0.39 is 17.8 Å². The number of likely N-dealkylation sites (tertiary alicyclic amines) is 1. The van der Waals surface area contributed by atoms with Crippen LogP contribution in [0.25, 0.3) is 0 Å². The number of hydrogen-bond acceptors (Lipinski definition) is 3. The molecule has 8 heteroatoms. The lowest BCUT2D eigenvalue weighted by Crippen LogP contribution is -2.46. The predicted molar refractivity (Wildman–Crippen MR) is 85.7 cm³/mol. The molecule has 23 heavy (non-hydrogen) atoms. The van der Waals surface area contributed by atoms with Gasteiger partial charge in [-0.05, 0) is 31.0 Å². The maximum absolute atomic E-state index is 12.1. The molecule has 2 amide bonds. The second-order valence-electron chi connectivity index (χ2n) is 5.33. The van der Waals surface area contributed by atoms with Crippen LogP contribution >= 0.6 is 23.2 Å². The van der Waals surface area contributed by atoms with Gasteiger partial charge in [0.05, 0.1) is 22.5 Å². The van der Waals surface area contributed by atoms with Crippen LogP contribution in [0.2, 0.25) is 10.0 Å². The van der Waals surface area contributed by atoms with Crippen LogP contribution in [-0.2, 0) is 9.59 Å². The number of piperidine rings is 1. The molecule has 1 aliphatic rings. The van der Waals surface area contributed by atoms with E-state index in [1.54, 1.807) is 0 Å². The highest BCUT2D eigenvalue weighted by molar-refractivity contribution is 6.42. The number of hydrogen-bond donors (Lipinski definition) is 2. The van der Waals surface area contributed by atoms with Crippen LogP contribution in [-0.4, -0.2) is 47.4 Å². The Balaban J connectivity index is 1.89. The number of carbonyl (C=O) groups excluding carboxylic acids is 2. The topological polar surface area (TPSA) is 86.7 Å². The highest BCUT2D eigenvalue weighted by Crippen LogP contribution is 2.22. The Morgan fingerprint density at radius 2 is 2.00 bits per heavy atom. The largest absolute Gasteiger partial charge is 0.481 e. The number of halogens is 2. The highest BCUT2D eigenvalue weighted by atomic mass is 35.5. The minimum absolute atomic E-state index is 0.177. The zero-order chi connectivity index (χ0) is 17.0. The standard InChI is InChI=1S/C15H16Cl2N2O4/c16-11-4-3-9(6-12(11)17)14(21)18-7-13(20)19-5-1-2-10(8-19)15(22)23/h3-4,6,10H,1-2,5,7-8H2,(H,18,21)(H,22,23)/t10-/m1/s1. The van der Waals surface area contributed by atoms with Gasteiger partial charge in [-0.15, -0.1) is 0 Å². The minimum Gasteiger partial charge on any atom is -0.481 e. The van der Waals surface area contributed by atoms with Gasteiger partial charge in [0.25, 0.3) is 5.91 Å². The lowest BCUT2D eigenvalue weighted by molar-refractivity contribution is -0.145. The fourth-order valence-electron chi connectivity index (χ4n) is 2.41. The van der Waals surface area contributed by atoms with E-state index in [4.69, 9.17) is 28.3 Å². The molecule has 1 aliphatic heterocycles. The van der Waals surface area contributed by atoms with Gasteiger partial charge in [0, 0.05) is 18.7 Å². The molecule has 1 heterocycles. The van der Waals surface area contributed by atoms with E-state index >= 15 is 0 Å². The Labute approximate surface area is 143 Å². The van der Waals surface area contributed by atoms with Crippen molar-refractivity contribution in [1.82, 2.24) is 10.2 Å². The first-order valence-electron chi connectivity index (χ1n) is 7.12. The number of benzene rings is 1. The van der Waals surface area contributed by atoms with Crippen LogP contribution in [0.3, 0.4) is 0 Å². The summed E-state index contributed by atoms with van der Waals surface area (Å²) in [4.78, 5) is 36.6. The summed E-state index contributed by atoms with van der Waals surface area (Å²) < 4.78 is 0. The molecule has 1 saturated heterocycles. The number of amides is 2. The summed E-state index contributed by atoms with van der Waals surface area (Å²) >= 11 is 11.6. The van der Waals surface area contributed by atoms with Gasteiger partial charge in [0.15, 0.2) is 0 Å². The Kier molecular flexibility index (Phi) is 5.85. The van der Waals surface area contributed by atoms with Crippen molar-refractivity contribution in [3.63, 3.8) is 0 Å². The molecular weight excluding hydrogens is 343 g/mol. The van der Waals surface area contributed by atoms with E-state index in [0.717, 1.165) is 0 Å². The number of nitrogens with zero attached hydrogens (tertiary/aromatic N) is 1. The number of carbonyl (C=O) groups is 3. The Bertz CT molecular complexity index is 636. The molecule has 0 saturated carbocycles. The van der Waals surface area contributed by atoms with Gasteiger partial charge < -0.3 is 15.3 Å². The minimum atomic E-state index is -0.901. The molecule has 0 radical (unpaired) electrons. The van der Waals surface area contributed by atoms with Gasteiger partial charge in [0.1, 0.15) is 0 Å². The Morgan fingerprint density at radius 1 is 1.26 bits per heavy atom. The van der Waals surface area contributed by atoms with E-state index in [1.165, 1.54) is 23.1 Å². The summed E-state index contributed by atoms with van der Waals surface area (Å²) in [5, 5.41) is 12.1. The molecule has 1 aromatic carbocycles. The van der Waals surface area contributed by atoms with Crippen LogP contribution in [0.1, 0.15) is 23.2 Å². The summed E-state index contributed by atoms with van der Waals surface area (Å²) in [6.45, 7) is 0.494. The van der Waals surface area contributed by atoms with Crippen molar-refractivity contribution in [1.29, 1.82) is 0 Å². The van der Waals surface area contributed by atoms with Crippen molar-refractivity contribution < 1.29 is 19.5 Å². The second-order valence-corrected chi connectivity index (χ2v) is 6.14. The average molecular weight is 359 g/mol. The molecular formula is C15H16Cl2N2O4. The quantitative estimate of drug-likeness (QED) is 0.862. The lowest BCUT2D eigenvalue weighted by Gasteiger charge is -2.30. The first kappa shape index (κ1) is 17.6. The number of aliphatic carboxylic acids is 1. The summed E-state index contributed by atoms with van der Waals surface area (Å²) in [5.74, 6) is -2.19. The van der Waals surface area contributed by atoms with Crippen LogP contribution in [0.5, 0.6) is 0 Å². The number of carboxylic acid groups (broad SMARTS) is 1. The molecule has 0 aliphatic carbocycles. The first-order valence-corrected chi connectivity index (χ1v) is 7.88. The molecule has 0 bridgehead atoms. The molecule has 1 atom stereocenters. The number of carboxylic acids is 1. The maximum atomic E-state index is 12.1. The van der Waals surface area contributed by atoms with Gasteiger partial charge in [-0.25, -0.2) is 0 Å². The zero-order valence-corrected chi connectivity index (χ0v) is 13.7. The second kappa shape index (κ2) is 7.66. The highest BCUT2D eigenvalue weighted by Gasteiger charge is 2.28. The number of rotatable bonds is 4. The molecule has 0 unspecified atom stereocenters. The van der Waals surface area contributed by atoms with Crippen molar-refractivity contribution in [2.45, 2.75) is 12.8 Å². The molecule has 124 valence electrons. The Morgan fingerprint density at radius 3 is 2.65 bits per heavy atom. The van der Waals surface area contributed by atoms with Crippen molar-refractivity contribution in [3.05, 3.63) is 33.8 Å². The fourth-order valence-corrected chi connectivity index (χ4v) is 2.71. The van der Waals surface area contributed by atoms with Gasteiger partial charge in [-0.3, -0.25) is 14.4 Å². The molecule has 1 fully saturated rings. The smallest absolute Gasteiger partial charge is 0.308 e. The van der Waals surface area contributed by atoms with Crippen LogP contribution in [0.4, 0.5) is 0 Å². The molecule has 6 nitrogen and oxygen atoms in total. The molecule has 1 aromatic rings. The van der Waals surface area contributed by atoms with Gasteiger partial charge in [-0.1, -0.05) is 23.2 Å². The van der Waals surface area contributed by atoms with Crippen molar-refractivity contribution in [2.75, 3.05) is 19.6 Å². The average Bonchev–Trinajstić information content (AvgIpc) is 2.54. The molecule has 2 N–H and O–H groups in total. The van der Waals surface area contributed by atoms with Gasteiger partial charge in [-0.2, -0.15) is 0 Å². The van der Waals surface area contributed by atoms with E-state index in [9.17, 15) is 14.4 Å². The van der Waals surface area contributed by atoms with E-state index in [2.05, 4.69) is 5.32 Å². The zero-order valence-electron chi connectivity index (χ0n) is 12.2. The molecule has 0 spiro atoms. The first-order chi connectivity index (χ1) is 10.9. The van der Waals surface area contributed by atoms with E-state index in [1.807, 2.05) is 0 Å².